The lowest BCUT2D eigenvalue weighted by Gasteiger charge is -2.34. The summed E-state index contributed by atoms with van der Waals surface area (Å²) in [5.74, 6) is 1.83. The van der Waals surface area contributed by atoms with Crippen LogP contribution in [0.15, 0.2) is 11.4 Å². The van der Waals surface area contributed by atoms with Gasteiger partial charge in [-0.1, -0.05) is 47.1 Å². The van der Waals surface area contributed by atoms with E-state index in [9.17, 15) is 4.57 Å². The summed E-state index contributed by atoms with van der Waals surface area (Å²) in [7, 11) is 0.134. The van der Waals surface area contributed by atoms with E-state index < -0.39 is 0 Å². The van der Waals surface area contributed by atoms with Gasteiger partial charge in [0.25, 0.3) is 0 Å². The third-order valence-corrected chi connectivity index (χ3v) is 2.85. The molecule has 0 aliphatic rings. The number of hydrogen-bond acceptors (Lipinski definition) is 1. The van der Waals surface area contributed by atoms with Crippen LogP contribution in [-0.4, -0.2) is 0 Å². The Balaban J connectivity index is 4.74. The Morgan fingerprint density at radius 1 is 1.21 bits per heavy atom. The normalized spacial score (nSPS) is 14.9. The first-order valence-corrected chi connectivity index (χ1v) is 6.13. The van der Waals surface area contributed by atoms with Crippen molar-refractivity contribution in [2.24, 2.45) is 10.8 Å². The Hall–Kier alpha value is -0.160. The molecule has 0 radical (unpaired) electrons. The molecule has 0 atom stereocenters. The van der Waals surface area contributed by atoms with Crippen LogP contribution in [0.1, 0.15) is 54.4 Å². The van der Waals surface area contributed by atoms with E-state index in [-0.39, 0.29) is 13.9 Å². The molecule has 0 aliphatic heterocycles. The second kappa shape index (κ2) is 5.07. The lowest BCUT2D eigenvalue weighted by Crippen LogP contribution is -2.22. The summed E-state index contributed by atoms with van der Waals surface area (Å²) in [6.45, 7) is 13.3. The van der Waals surface area contributed by atoms with Crippen molar-refractivity contribution in [2.45, 2.75) is 54.4 Å². The molecule has 0 amide bonds. The molecule has 82 valence electrons. The maximum absolute atomic E-state index is 10.6. The van der Waals surface area contributed by atoms with Crippen molar-refractivity contribution >= 4 is 8.46 Å². The van der Waals surface area contributed by atoms with Gasteiger partial charge in [0.15, 0.2) is 8.46 Å². The Morgan fingerprint density at radius 3 is 2.00 bits per heavy atom. The highest BCUT2D eigenvalue weighted by molar-refractivity contribution is 7.27. The zero-order chi connectivity index (χ0) is 11.4. The number of rotatable bonds is 4. The fourth-order valence-corrected chi connectivity index (χ4v) is 2.91. The highest BCUT2D eigenvalue weighted by atomic mass is 31.1. The summed E-state index contributed by atoms with van der Waals surface area (Å²) in [6.07, 6.45) is 2.10. The molecule has 1 nitrogen and oxygen atoms in total. The molecule has 0 fully saturated rings. The van der Waals surface area contributed by atoms with Crippen LogP contribution in [0.2, 0.25) is 0 Å². The van der Waals surface area contributed by atoms with E-state index in [0.29, 0.717) is 5.41 Å². The largest absolute Gasteiger partial charge is 0.270 e. The Kier molecular flexibility index (Phi) is 5.01. The minimum Gasteiger partial charge on any atom is -0.270 e. The molecule has 0 N–H and O–H groups in total. The van der Waals surface area contributed by atoms with Gasteiger partial charge in [-0.25, -0.2) is 0 Å². The fraction of sp³-hybridized carbons (Fsp3) is 0.833. The van der Waals surface area contributed by atoms with E-state index >= 15 is 0 Å². The maximum atomic E-state index is 10.6. The molecule has 0 saturated heterocycles. The second-order valence-electron chi connectivity index (χ2n) is 5.73. The molecule has 0 heterocycles. The van der Waals surface area contributed by atoms with Crippen molar-refractivity contribution in [1.29, 1.82) is 0 Å². The van der Waals surface area contributed by atoms with Gasteiger partial charge in [0, 0.05) is 5.82 Å². The van der Waals surface area contributed by atoms with Crippen LogP contribution in [0.4, 0.5) is 0 Å². The van der Waals surface area contributed by atoms with E-state index in [4.69, 9.17) is 0 Å². The Bertz CT molecular complexity index is 221. The molecule has 0 aromatic carbocycles. The number of allylic oxidation sites excluding steroid dienone is 1. The van der Waals surface area contributed by atoms with Crippen molar-refractivity contribution in [3.05, 3.63) is 11.4 Å². The third kappa shape index (κ3) is 4.91. The molecule has 0 rings (SSSR count). The van der Waals surface area contributed by atoms with Gasteiger partial charge >= 0.3 is 0 Å². The molecule has 0 aliphatic carbocycles. The predicted octanol–water partition coefficient (Wildman–Crippen LogP) is 5.03. The molecule has 2 heteroatoms. The van der Waals surface area contributed by atoms with Gasteiger partial charge in [-0.2, -0.15) is 0 Å². The molecule has 0 aromatic rings. The van der Waals surface area contributed by atoms with Crippen LogP contribution >= 0.6 is 8.46 Å². The van der Waals surface area contributed by atoms with E-state index in [1.807, 2.05) is 5.82 Å². The monoisotopic (exact) mass is 214 g/mol. The highest BCUT2D eigenvalue weighted by Crippen LogP contribution is 2.40. The molecule has 0 aromatic heterocycles. The topological polar surface area (TPSA) is 17.1 Å². The van der Waals surface area contributed by atoms with E-state index in [2.05, 4.69) is 41.5 Å². The van der Waals surface area contributed by atoms with Gasteiger partial charge in [0.2, 0.25) is 0 Å². The summed E-state index contributed by atoms with van der Waals surface area (Å²) in [5.41, 5.74) is 1.77. The quantitative estimate of drug-likeness (QED) is 0.599. The summed E-state index contributed by atoms with van der Waals surface area (Å²) in [5, 5.41) is 0. The first-order chi connectivity index (χ1) is 6.23. The number of hydrogen-bond donors (Lipinski definition) is 0. The van der Waals surface area contributed by atoms with Crippen LogP contribution < -0.4 is 0 Å². The maximum Gasteiger partial charge on any atom is 0.184 e. The minimum atomic E-state index is 0.134. The SMILES string of the molecule is CCC(=CP=O)C(C)(C)CC(C)(C)C. The molecular formula is C12H23OP. The minimum absolute atomic E-state index is 0.134. The molecular weight excluding hydrogens is 191 g/mol. The summed E-state index contributed by atoms with van der Waals surface area (Å²) in [6, 6.07) is 0. The zero-order valence-electron chi connectivity index (χ0n) is 10.3. The van der Waals surface area contributed by atoms with E-state index in [1.165, 1.54) is 5.57 Å². The Labute approximate surface area is 90.2 Å². The summed E-state index contributed by atoms with van der Waals surface area (Å²) >= 11 is 0. The molecule has 0 bridgehead atoms. The van der Waals surface area contributed by atoms with Crippen molar-refractivity contribution in [1.82, 2.24) is 0 Å². The van der Waals surface area contributed by atoms with Gasteiger partial charge in [0.1, 0.15) is 0 Å². The molecule has 0 saturated carbocycles. The van der Waals surface area contributed by atoms with Crippen LogP contribution in [-0.2, 0) is 4.57 Å². The summed E-state index contributed by atoms with van der Waals surface area (Å²) in [4.78, 5) is 0. The second-order valence-corrected chi connectivity index (χ2v) is 6.20. The van der Waals surface area contributed by atoms with Crippen LogP contribution in [0, 0.1) is 10.8 Å². The van der Waals surface area contributed by atoms with Gasteiger partial charge in [-0.3, -0.25) is 4.57 Å². The standard InChI is InChI=1S/C12H23OP/c1-7-10(8-14-13)12(5,6)9-11(2,3)4/h8H,7,9H2,1-6H3. The third-order valence-electron chi connectivity index (χ3n) is 2.43. The van der Waals surface area contributed by atoms with E-state index in [1.54, 1.807) is 0 Å². The molecule has 0 unspecified atom stereocenters. The van der Waals surface area contributed by atoms with Crippen LogP contribution in [0.3, 0.4) is 0 Å². The highest BCUT2D eigenvalue weighted by Gasteiger charge is 2.27. The van der Waals surface area contributed by atoms with Crippen molar-refractivity contribution in [3.63, 3.8) is 0 Å². The van der Waals surface area contributed by atoms with Gasteiger partial charge < -0.3 is 0 Å². The van der Waals surface area contributed by atoms with Gasteiger partial charge in [-0.15, -0.1) is 0 Å². The van der Waals surface area contributed by atoms with Crippen molar-refractivity contribution in [2.75, 3.05) is 0 Å². The average molecular weight is 214 g/mol. The fourth-order valence-electron chi connectivity index (χ4n) is 2.25. The van der Waals surface area contributed by atoms with Crippen molar-refractivity contribution in [3.8, 4) is 0 Å². The zero-order valence-corrected chi connectivity index (χ0v) is 11.2. The lowest BCUT2D eigenvalue weighted by molar-refractivity contribution is 0.246. The predicted molar refractivity (Wildman–Crippen MR) is 63.8 cm³/mol. The first kappa shape index (κ1) is 13.8. The average Bonchev–Trinajstić information content (AvgIpc) is 1.94. The van der Waals surface area contributed by atoms with Gasteiger partial charge in [-0.05, 0) is 23.7 Å². The van der Waals surface area contributed by atoms with Crippen LogP contribution in [0.25, 0.3) is 0 Å². The van der Waals surface area contributed by atoms with Crippen molar-refractivity contribution < 1.29 is 4.57 Å². The molecule has 0 spiro atoms. The summed E-state index contributed by atoms with van der Waals surface area (Å²) < 4.78 is 10.6. The van der Waals surface area contributed by atoms with Gasteiger partial charge in [0.05, 0.1) is 0 Å². The Morgan fingerprint density at radius 2 is 1.71 bits per heavy atom. The van der Waals surface area contributed by atoms with Crippen LogP contribution in [0.5, 0.6) is 0 Å². The smallest absolute Gasteiger partial charge is 0.184 e. The molecule has 14 heavy (non-hydrogen) atoms. The van der Waals surface area contributed by atoms with E-state index in [0.717, 1.165) is 12.8 Å². The first-order valence-electron chi connectivity index (χ1n) is 5.25. The lowest BCUT2D eigenvalue weighted by atomic mass is 9.72.